The fourth-order valence-electron chi connectivity index (χ4n) is 7.26. The van der Waals surface area contributed by atoms with Crippen molar-refractivity contribution < 1.29 is 0 Å². The van der Waals surface area contributed by atoms with E-state index in [-0.39, 0.29) is 0 Å². The average molecular weight is 588 g/mol. The van der Waals surface area contributed by atoms with Crippen molar-refractivity contribution in [1.29, 1.82) is 0 Å². The van der Waals surface area contributed by atoms with E-state index >= 15 is 0 Å². The average Bonchev–Trinajstić information content (AvgIpc) is 3.66. The summed E-state index contributed by atoms with van der Waals surface area (Å²) in [6.45, 7) is 0. The van der Waals surface area contributed by atoms with Crippen LogP contribution in [0.1, 0.15) is 0 Å². The highest BCUT2D eigenvalue weighted by molar-refractivity contribution is 6.36. The maximum atomic E-state index is 5.38. The molecule has 10 rings (SSSR count). The van der Waals surface area contributed by atoms with Crippen LogP contribution in [0.4, 0.5) is 0 Å². The van der Waals surface area contributed by atoms with Crippen LogP contribution in [0.2, 0.25) is 0 Å². The van der Waals surface area contributed by atoms with Crippen molar-refractivity contribution in [3.8, 4) is 22.9 Å². The summed E-state index contributed by atoms with van der Waals surface area (Å²) in [5, 5.41) is 6.77. The predicted octanol–water partition coefficient (Wildman–Crippen LogP) is 10.0. The summed E-state index contributed by atoms with van der Waals surface area (Å²) in [7, 11) is 0. The molecule has 6 aromatic carbocycles. The number of pyridine rings is 1. The molecule has 0 aliphatic carbocycles. The van der Waals surface area contributed by atoms with Crippen molar-refractivity contribution in [1.82, 2.24) is 24.1 Å². The van der Waals surface area contributed by atoms with E-state index in [1.165, 1.54) is 10.8 Å². The van der Waals surface area contributed by atoms with Gasteiger partial charge >= 0.3 is 0 Å². The number of fused-ring (bicyclic) bond motifs is 11. The molecule has 0 spiro atoms. The van der Waals surface area contributed by atoms with Gasteiger partial charge in [0, 0.05) is 49.8 Å². The minimum atomic E-state index is 0.700. The highest BCUT2D eigenvalue weighted by Crippen LogP contribution is 2.46. The van der Waals surface area contributed by atoms with Gasteiger partial charge in [-0.3, -0.25) is 9.55 Å². The molecular weight excluding hydrogens is 562 g/mol. The van der Waals surface area contributed by atoms with Crippen LogP contribution in [0.25, 0.3) is 88.3 Å². The minimum absolute atomic E-state index is 0.700. The Bertz CT molecular complexity index is 2790. The number of rotatable bonds is 3. The molecule has 0 saturated carbocycles. The standard InChI is InChI=1S/C41H25N5/c1-3-14-26(15-4-1)40-43-32-22-10-7-18-28(32)41(44-40)46-34-24-12-8-19-29(34)35-31-21-13-25-42-37(31)39-36(38(35)46)30-20-9-11-23-33(30)45(39)27-16-5-2-6-17-27/h1-25H. The number of hydrogen-bond acceptors (Lipinski definition) is 3. The Morgan fingerprint density at radius 1 is 0.435 bits per heavy atom. The van der Waals surface area contributed by atoms with Crippen LogP contribution in [-0.4, -0.2) is 24.1 Å². The zero-order valence-corrected chi connectivity index (χ0v) is 24.7. The fourth-order valence-corrected chi connectivity index (χ4v) is 7.26. The Kier molecular flexibility index (Phi) is 5.22. The summed E-state index contributed by atoms with van der Waals surface area (Å²) in [6.07, 6.45) is 1.91. The molecule has 0 aliphatic rings. The molecule has 0 N–H and O–H groups in total. The topological polar surface area (TPSA) is 48.5 Å². The molecule has 0 atom stereocenters. The first-order valence-electron chi connectivity index (χ1n) is 15.5. The van der Waals surface area contributed by atoms with E-state index in [2.05, 4.69) is 124 Å². The van der Waals surface area contributed by atoms with E-state index in [0.717, 1.165) is 71.7 Å². The molecule has 4 heterocycles. The van der Waals surface area contributed by atoms with Crippen molar-refractivity contribution in [3.63, 3.8) is 0 Å². The lowest BCUT2D eigenvalue weighted by atomic mass is 10.0. The number of aromatic nitrogens is 5. The van der Waals surface area contributed by atoms with Crippen molar-refractivity contribution in [2.24, 2.45) is 0 Å². The Labute approximate surface area is 263 Å². The van der Waals surface area contributed by atoms with E-state index < -0.39 is 0 Å². The summed E-state index contributed by atoms with van der Waals surface area (Å²) in [4.78, 5) is 15.5. The predicted molar refractivity (Wildman–Crippen MR) is 189 cm³/mol. The molecule has 214 valence electrons. The highest BCUT2D eigenvalue weighted by Gasteiger charge is 2.26. The minimum Gasteiger partial charge on any atom is -0.307 e. The maximum absolute atomic E-state index is 5.38. The number of hydrogen-bond donors (Lipinski definition) is 0. The normalized spacial score (nSPS) is 11.9. The second kappa shape index (κ2) is 9.58. The van der Waals surface area contributed by atoms with Gasteiger partial charge in [-0.25, -0.2) is 9.97 Å². The summed E-state index contributed by atoms with van der Waals surface area (Å²) >= 11 is 0. The van der Waals surface area contributed by atoms with Crippen molar-refractivity contribution >= 4 is 65.4 Å². The molecule has 0 fully saturated rings. The van der Waals surface area contributed by atoms with Crippen LogP contribution in [0.15, 0.2) is 152 Å². The first-order valence-corrected chi connectivity index (χ1v) is 15.5. The Morgan fingerprint density at radius 2 is 1.04 bits per heavy atom. The third-order valence-electron chi connectivity index (χ3n) is 9.13. The molecule has 10 aromatic rings. The van der Waals surface area contributed by atoms with E-state index in [9.17, 15) is 0 Å². The monoisotopic (exact) mass is 587 g/mol. The van der Waals surface area contributed by atoms with Gasteiger partial charge in [0.15, 0.2) is 5.82 Å². The zero-order valence-electron chi connectivity index (χ0n) is 24.7. The van der Waals surface area contributed by atoms with Crippen LogP contribution in [0.3, 0.4) is 0 Å². The molecule has 5 nitrogen and oxygen atoms in total. The van der Waals surface area contributed by atoms with E-state index in [0.29, 0.717) is 5.82 Å². The number of nitrogens with zero attached hydrogens (tertiary/aromatic N) is 5. The third-order valence-corrected chi connectivity index (χ3v) is 9.13. The molecule has 0 unspecified atom stereocenters. The van der Waals surface area contributed by atoms with Gasteiger partial charge in [-0.2, -0.15) is 0 Å². The largest absolute Gasteiger partial charge is 0.307 e. The van der Waals surface area contributed by atoms with Crippen molar-refractivity contribution in [3.05, 3.63) is 152 Å². The molecule has 5 heteroatoms. The van der Waals surface area contributed by atoms with E-state index in [4.69, 9.17) is 15.0 Å². The van der Waals surface area contributed by atoms with Crippen LogP contribution >= 0.6 is 0 Å². The molecule has 46 heavy (non-hydrogen) atoms. The lowest BCUT2D eigenvalue weighted by Crippen LogP contribution is -2.03. The number of para-hydroxylation sites is 4. The van der Waals surface area contributed by atoms with E-state index in [1.54, 1.807) is 0 Å². The fraction of sp³-hybridized carbons (Fsp3) is 0. The Morgan fingerprint density at radius 3 is 1.83 bits per heavy atom. The summed E-state index contributed by atoms with van der Waals surface area (Å²) < 4.78 is 4.74. The smallest absolute Gasteiger partial charge is 0.162 e. The van der Waals surface area contributed by atoms with Crippen molar-refractivity contribution in [2.45, 2.75) is 0 Å². The third kappa shape index (κ3) is 3.42. The number of benzene rings is 6. The molecule has 4 aromatic heterocycles. The van der Waals surface area contributed by atoms with Gasteiger partial charge in [0.2, 0.25) is 0 Å². The molecule has 0 radical (unpaired) electrons. The van der Waals surface area contributed by atoms with Gasteiger partial charge in [0.25, 0.3) is 0 Å². The Hall–Kier alpha value is -6.33. The summed E-state index contributed by atoms with van der Waals surface area (Å²) in [5.74, 6) is 1.56. The van der Waals surface area contributed by atoms with Crippen LogP contribution in [-0.2, 0) is 0 Å². The summed E-state index contributed by atoms with van der Waals surface area (Å²) in [6, 6.07) is 50.8. The first-order chi connectivity index (χ1) is 22.9. The Balaban J connectivity index is 1.51. The van der Waals surface area contributed by atoms with Gasteiger partial charge in [0.1, 0.15) is 5.82 Å². The van der Waals surface area contributed by atoms with Crippen LogP contribution in [0, 0.1) is 0 Å². The molecule has 0 saturated heterocycles. The van der Waals surface area contributed by atoms with Gasteiger partial charge in [0.05, 0.1) is 33.1 Å². The van der Waals surface area contributed by atoms with Crippen LogP contribution < -0.4 is 0 Å². The quantitative estimate of drug-likeness (QED) is 0.207. The molecule has 0 aliphatic heterocycles. The first kappa shape index (κ1) is 25.0. The van der Waals surface area contributed by atoms with Gasteiger partial charge in [-0.1, -0.05) is 103 Å². The van der Waals surface area contributed by atoms with E-state index in [1.807, 2.05) is 36.5 Å². The lowest BCUT2D eigenvalue weighted by Gasteiger charge is -2.14. The van der Waals surface area contributed by atoms with Crippen molar-refractivity contribution in [2.75, 3.05) is 0 Å². The maximum Gasteiger partial charge on any atom is 0.162 e. The molecule has 0 bridgehead atoms. The van der Waals surface area contributed by atoms with Gasteiger partial charge < -0.3 is 4.57 Å². The zero-order chi connectivity index (χ0) is 30.2. The molecule has 0 amide bonds. The van der Waals surface area contributed by atoms with Gasteiger partial charge in [-0.05, 0) is 42.5 Å². The second-order valence-corrected chi connectivity index (χ2v) is 11.6. The summed E-state index contributed by atoms with van der Waals surface area (Å²) in [5.41, 5.74) is 8.39. The van der Waals surface area contributed by atoms with Gasteiger partial charge in [-0.15, -0.1) is 0 Å². The SMILES string of the molecule is c1ccc(-c2nc(-n3c4ccccc4c4c5cccnc5c5c(c6ccccc6n5-c5ccccc5)c43)c3ccccc3n2)cc1. The second-order valence-electron chi connectivity index (χ2n) is 11.6. The lowest BCUT2D eigenvalue weighted by molar-refractivity contribution is 1.08. The highest BCUT2D eigenvalue weighted by atomic mass is 15.1. The van der Waals surface area contributed by atoms with Crippen LogP contribution in [0.5, 0.6) is 0 Å². The molecular formula is C41H25N5.